The molecule has 0 atom stereocenters. The number of para-hydroxylation sites is 1. The van der Waals surface area contributed by atoms with E-state index in [-0.39, 0.29) is 12.5 Å². The van der Waals surface area contributed by atoms with Gasteiger partial charge < -0.3 is 4.74 Å². The van der Waals surface area contributed by atoms with Crippen molar-refractivity contribution in [2.45, 2.75) is 0 Å². The van der Waals surface area contributed by atoms with E-state index in [0.29, 0.717) is 15.8 Å². The molecule has 118 valence electrons. The minimum Gasteiger partial charge on any atom is -0.482 e. The van der Waals surface area contributed by atoms with Gasteiger partial charge in [-0.15, -0.1) is 0 Å². The van der Waals surface area contributed by atoms with Crippen molar-refractivity contribution in [2.75, 3.05) is 6.61 Å². The topological polar surface area (TPSA) is 50.7 Å². The van der Waals surface area contributed by atoms with Crippen LogP contribution >= 0.6 is 23.2 Å². The maximum Gasteiger partial charge on any atom is 0.277 e. The molecule has 4 nitrogen and oxygen atoms in total. The van der Waals surface area contributed by atoms with Crippen LogP contribution < -0.4 is 10.2 Å². The number of rotatable bonds is 6. The Morgan fingerprint density at radius 2 is 1.78 bits per heavy atom. The van der Waals surface area contributed by atoms with Crippen molar-refractivity contribution in [1.82, 2.24) is 5.43 Å². The Hall–Kier alpha value is -2.30. The van der Waals surface area contributed by atoms with Crippen LogP contribution in [0.1, 0.15) is 5.56 Å². The van der Waals surface area contributed by atoms with Crippen LogP contribution in [-0.4, -0.2) is 18.7 Å². The molecule has 0 aromatic heterocycles. The number of hydrazone groups is 1. The van der Waals surface area contributed by atoms with E-state index in [1.54, 1.807) is 42.5 Å². The summed E-state index contributed by atoms with van der Waals surface area (Å²) in [5, 5.41) is 4.88. The monoisotopic (exact) mass is 348 g/mol. The van der Waals surface area contributed by atoms with Gasteiger partial charge in [-0.25, -0.2) is 5.43 Å². The maximum atomic E-state index is 11.6. The van der Waals surface area contributed by atoms with Crippen LogP contribution in [-0.2, 0) is 4.79 Å². The maximum absolute atomic E-state index is 11.6. The molecule has 0 bridgehead atoms. The van der Waals surface area contributed by atoms with Crippen molar-refractivity contribution in [2.24, 2.45) is 5.10 Å². The Morgan fingerprint density at radius 1 is 1.09 bits per heavy atom. The zero-order valence-electron chi connectivity index (χ0n) is 12.1. The zero-order chi connectivity index (χ0) is 16.5. The number of hydrogen-bond donors (Lipinski definition) is 1. The first kappa shape index (κ1) is 17.1. The van der Waals surface area contributed by atoms with Gasteiger partial charge in [-0.05, 0) is 29.8 Å². The van der Waals surface area contributed by atoms with E-state index in [9.17, 15) is 4.79 Å². The number of amides is 1. The zero-order valence-corrected chi connectivity index (χ0v) is 13.6. The highest BCUT2D eigenvalue weighted by Crippen LogP contribution is 2.22. The minimum atomic E-state index is -0.382. The second-order valence-electron chi connectivity index (χ2n) is 4.41. The van der Waals surface area contributed by atoms with Gasteiger partial charge in [0, 0.05) is 11.2 Å². The average Bonchev–Trinajstić information content (AvgIpc) is 2.55. The van der Waals surface area contributed by atoms with Gasteiger partial charge in [-0.3, -0.25) is 4.79 Å². The third-order valence-corrected chi connectivity index (χ3v) is 3.38. The van der Waals surface area contributed by atoms with Gasteiger partial charge in [0.05, 0.1) is 5.02 Å². The van der Waals surface area contributed by atoms with Crippen molar-refractivity contribution in [3.8, 4) is 5.75 Å². The van der Waals surface area contributed by atoms with Crippen LogP contribution in [0.4, 0.5) is 0 Å². The molecule has 1 amide bonds. The fourth-order valence-corrected chi connectivity index (χ4v) is 2.04. The Bertz CT molecular complexity index is 730. The lowest BCUT2D eigenvalue weighted by atomic mass is 10.2. The minimum absolute atomic E-state index is 0.171. The molecular formula is C17H14Cl2N2O2. The lowest BCUT2D eigenvalue weighted by Crippen LogP contribution is -2.24. The second kappa shape index (κ2) is 8.98. The van der Waals surface area contributed by atoms with Gasteiger partial charge in [0.15, 0.2) is 6.61 Å². The molecule has 0 aliphatic heterocycles. The van der Waals surface area contributed by atoms with Crippen LogP contribution in [0, 0.1) is 0 Å². The fraction of sp³-hybridized carbons (Fsp3) is 0.0588. The van der Waals surface area contributed by atoms with Crippen molar-refractivity contribution in [3.05, 3.63) is 70.2 Å². The number of carbonyl (C=O) groups is 1. The SMILES string of the molecule is O=C(COc1ccccc1Cl)N/N=C\C=C\c1ccccc1Cl. The fourth-order valence-electron chi connectivity index (χ4n) is 1.65. The van der Waals surface area contributed by atoms with Gasteiger partial charge >= 0.3 is 0 Å². The molecule has 2 rings (SSSR count). The summed E-state index contributed by atoms with van der Waals surface area (Å²) >= 11 is 11.9. The van der Waals surface area contributed by atoms with Gasteiger partial charge in [0.2, 0.25) is 0 Å². The standard InChI is InChI=1S/C17H14Cl2N2O2/c18-14-8-2-1-6-13(14)7-5-11-20-21-17(22)12-23-16-10-4-3-9-15(16)19/h1-11H,12H2,(H,21,22)/b7-5+,20-11-. The number of hydrogen-bond acceptors (Lipinski definition) is 3. The number of carbonyl (C=O) groups excluding carboxylic acids is 1. The summed E-state index contributed by atoms with van der Waals surface area (Å²) in [6.07, 6.45) is 4.92. The summed E-state index contributed by atoms with van der Waals surface area (Å²) in [4.78, 5) is 11.6. The van der Waals surface area contributed by atoms with Crippen LogP contribution in [0.25, 0.3) is 6.08 Å². The van der Waals surface area contributed by atoms with Crippen LogP contribution in [0.15, 0.2) is 59.7 Å². The van der Waals surface area contributed by atoms with E-state index in [1.807, 2.05) is 18.2 Å². The first-order chi connectivity index (χ1) is 11.2. The van der Waals surface area contributed by atoms with Gasteiger partial charge in [-0.1, -0.05) is 59.6 Å². The van der Waals surface area contributed by atoms with Crippen LogP contribution in [0.3, 0.4) is 0 Å². The number of halogens is 2. The second-order valence-corrected chi connectivity index (χ2v) is 5.23. The lowest BCUT2D eigenvalue weighted by Gasteiger charge is -2.05. The van der Waals surface area contributed by atoms with Crippen molar-refractivity contribution < 1.29 is 9.53 Å². The van der Waals surface area contributed by atoms with Gasteiger partial charge in [-0.2, -0.15) is 5.10 Å². The molecule has 2 aromatic carbocycles. The molecule has 2 aromatic rings. The molecule has 0 aliphatic carbocycles. The Balaban J connectivity index is 1.76. The Labute approximate surface area is 144 Å². The van der Waals surface area contributed by atoms with E-state index in [0.717, 1.165) is 5.56 Å². The predicted octanol–water partition coefficient (Wildman–Crippen LogP) is 4.19. The third kappa shape index (κ3) is 5.77. The smallest absolute Gasteiger partial charge is 0.277 e. The molecule has 0 aliphatic rings. The number of nitrogens with one attached hydrogen (secondary N) is 1. The molecule has 0 fully saturated rings. The summed E-state index contributed by atoms with van der Waals surface area (Å²) in [5.41, 5.74) is 3.22. The van der Waals surface area contributed by atoms with Gasteiger partial charge in [0.25, 0.3) is 5.91 Å². The summed E-state index contributed by atoms with van der Waals surface area (Å²) in [5.74, 6) is 0.0687. The van der Waals surface area contributed by atoms with Crippen LogP contribution in [0.5, 0.6) is 5.75 Å². The van der Waals surface area contributed by atoms with E-state index >= 15 is 0 Å². The summed E-state index contributed by atoms with van der Waals surface area (Å²) in [7, 11) is 0. The molecule has 0 heterocycles. The van der Waals surface area contributed by atoms with Crippen molar-refractivity contribution in [3.63, 3.8) is 0 Å². The summed E-state index contributed by atoms with van der Waals surface area (Å²) < 4.78 is 5.29. The number of benzene rings is 2. The quantitative estimate of drug-likeness (QED) is 0.628. The number of ether oxygens (including phenoxy) is 1. The lowest BCUT2D eigenvalue weighted by molar-refractivity contribution is -0.123. The molecule has 6 heteroatoms. The molecule has 0 spiro atoms. The summed E-state index contributed by atoms with van der Waals surface area (Å²) in [6, 6.07) is 14.3. The predicted molar refractivity (Wildman–Crippen MR) is 94.1 cm³/mol. The van der Waals surface area contributed by atoms with Gasteiger partial charge in [0.1, 0.15) is 5.75 Å². The molecule has 0 unspecified atom stereocenters. The molecule has 0 radical (unpaired) electrons. The molecule has 1 N–H and O–H groups in total. The molecule has 0 saturated carbocycles. The summed E-state index contributed by atoms with van der Waals surface area (Å²) in [6.45, 7) is -0.171. The van der Waals surface area contributed by atoms with Crippen molar-refractivity contribution in [1.29, 1.82) is 0 Å². The highest BCUT2D eigenvalue weighted by molar-refractivity contribution is 6.32. The number of nitrogens with zero attached hydrogens (tertiary/aromatic N) is 1. The Morgan fingerprint density at radius 3 is 2.52 bits per heavy atom. The normalized spacial score (nSPS) is 11.0. The highest BCUT2D eigenvalue weighted by Gasteiger charge is 2.03. The first-order valence-electron chi connectivity index (χ1n) is 6.77. The average molecular weight is 349 g/mol. The highest BCUT2D eigenvalue weighted by atomic mass is 35.5. The third-order valence-electron chi connectivity index (χ3n) is 2.73. The van der Waals surface area contributed by atoms with Crippen LogP contribution in [0.2, 0.25) is 10.0 Å². The Kier molecular flexibility index (Phi) is 6.66. The largest absolute Gasteiger partial charge is 0.482 e. The first-order valence-corrected chi connectivity index (χ1v) is 7.53. The molecular weight excluding hydrogens is 335 g/mol. The molecule has 23 heavy (non-hydrogen) atoms. The molecule has 0 saturated heterocycles. The van der Waals surface area contributed by atoms with Crippen molar-refractivity contribution >= 4 is 41.4 Å². The van der Waals surface area contributed by atoms with E-state index in [1.165, 1.54) is 6.21 Å². The van der Waals surface area contributed by atoms with E-state index < -0.39 is 0 Å². The van der Waals surface area contributed by atoms with E-state index in [4.69, 9.17) is 27.9 Å². The number of allylic oxidation sites excluding steroid dienone is 1. The van der Waals surface area contributed by atoms with E-state index in [2.05, 4.69) is 10.5 Å².